The van der Waals surface area contributed by atoms with Gasteiger partial charge in [-0.1, -0.05) is 12.1 Å². The molecular formula is C25H29N3O4. The number of benzene rings is 2. The van der Waals surface area contributed by atoms with Crippen LogP contribution in [0.2, 0.25) is 0 Å². The Bertz CT molecular complexity index is 1230. The SMILES string of the molecule is COc1ccc(CNC(=O)CN2CCc3[nH]c4c(C)cc(C)cc4c(=O)c3C2)cc1OC. The number of hydrogen-bond donors (Lipinski definition) is 2. The number of aryl methyl sites for hydroxylation is 2. The molecule has 0 saturated carbocycles. The molecule has 168 valence electrons. The van der Waals surface area contributed by atoms with Crippen molar-refractivity contribution in [2.75, 3.05) is 27.3 Å². The third-order valence-corrected chi connectivity index (χ3v) is 6.00. The van der Waals surface area contributed by atoms with Crippen molar-refractivity contribution in [3.8, 4) is 11.5 Å². The van der Waals surface area contributed by atoms with Gasteiger partial charge in [0, 0.05) is 42.7 Å². The molecule has 32 heavy (non-hydrogen) atoms. The molecule has 0 bridgehead atoms. The van der Waals surface area contributed by atoms with E-state index in [4.69, 9.17) is 9.47 Å². The first kappa shape index (κ1) is 21.9. The molecule has 2 aromatic carbocycles. The van der Waals surface area contributed by atoms with E-state index in [9.17, 15) is 9.59 Å². The lowest BCUT2D eigenvalue weighted by Crippen LogP contribution is -2.41. The maximum Gasteiger partial charge on any atom is 0.234 e. The molecule has 1 aliphatic heterocycles. The van der Waals surface area contributed by atoms with Crippen LogP contribution in [0.15, 0.2) is 35.1 Å². The summed E-state index contributed by atoms with van der Waals surface area (Å²) in [7, 11) is 3.17. The van der Waals surface area contributed by atoms with E-state index >= 15 is 0 Å². The van der Waals surface area contributed by atoms with Crippen LogP contribution in [-0.2, 0) is 24.3 Å². The molecule has 0 fully saturated rings. The van der Waals surface area contributed by atoms with Crippen molar-refractivity contribution in [1.82, 2.24) is 15.2 Å². The number of aromatic amines is 1. The van der Waals surface area contributed by atoms with Gasteiger partial charge in [-0.25, -0.2) is 0 Å². The zero-order valence-corrected chi connectivity index (χ0v) is 19.0. The van der Waals surface area contributed by atoms with Gasteiger partial charge in [-0.15, -0.1) is 0 Å². The number of H-pyrrole nitrogens is 1. The number of rotatable bonds is 6. The summed E-state index contributed by atoms with van der Waals surface area (Å²) in [6.45, 7) is 5.86. The molecule has 0 unspecified atom stereocenters. The Morgan fingerprint density at radius 3 is 2.66 bits per heavy atom. The molecule has 7 heteroatoms. The fourth-order valence-corrected chi connectivity index (χ4v) is 4.38. The van der Waals surface area contributed by atoms with Crippen molar-refractivity contribution in [3.63, 3.8) is 0 Å². The molecule has 0 radical (unpaired) electrons. The van der Waals surface area contributed by atoms with Gasteiger partial charge in [-0.2, -0.15) is 0 Å². The Kier molecular flexibility index (Phi) is 6.19. The minimum Gasteiger partial charge on any atom is -0.493 e. The number of nitrogens with one attached hydrogen (secondary N) is 2. The van der Waals surface area contributed by atoms with Crippen molar-refractivity contribution in [1.29, 1.82) is 0 Å². The Hall–Kier alpha value is -3.32. The number of fused-ring (bicyclic) bond motifs is 2. The largest absolute Gasteiger partial charge is 0.493 e. The molecule has 3 aromatic rings. The quantitative estimate of drug-likeness (QED) is 0.622. The molecule has 0 aliphatic carbocycles. The highest BCUT2D eigenvalue weighted by Gasteiger charge is 2.23. The van der Waals surface area contributed by atoms with Gasteiger partial charge >= 0.3 is 0 Å². The van der Waals surface area contributed by atoms with Crippen LogP contribution in [0.25, 0.3) is 10.9 Å². The lowest BCUT2D eigenvalue weighted by Gasteiger charge is -2.28. The number of carbonyl (C=O) groups excluding carboxylic acids is 1. The van der Waals surface area contributed by atoms with Crippen LogP contribution in [0.4, 0.5) is 0 Å². The van der Waals surface area contributed by atoms with Crippen LogP contribution in [-0.4, -0.2) is 43.1 Å². The van der Waals surface area contributed by atoms with Crippen LogP contribution in [0.5, 0.6) is 11.5 Å². The lowest BCUT2D eigenvalue weighted by atomic mass is 9.99. The van der Waals surface area contributed by atoms with E-state index in [0.717, 1.165) is 51.8 Å². The summed E-state index contributed by atoms with van der Waals surface area (Å²) in [5, 5.41) is 3.68. The van der Waals surface area contributed by atoms with E-state index in [2.05, 4.69) is 16.4 Å². The molecule has 1 amide bonds. The molecule has 2 N–H and O–H groups in total. The maximum atomic E-state index is 13.2. The highest BCUT2D eigenvalue weighted by Crippen LogP contribution is 2.27. The van der Waals surface area contributed by atoms with Crippen molar-refractivity contribution >= 4 is 16.8 Å². The van der Waals surface area contributed by atoms with Crippen molar-refractivity contribution in [2.24, 2.45) is 0 Å². The molecule has 1 aliphatic rings. The van der Waals surface area contributed by atoms with E-state index in [0.29, 0.717) is 24.6 Å². The Balaban J connectivity index is 1.43. The van der Waals surface area contributed by atoms with Crippen molar-refractivity contribution in [2.45, 2.75) is 33.4 Å². The lowest BCUT2D eigenvalue weighted by molar-refractivity contribution is -0.122. The van der Waals surface area contributed by atoms with Crippen LogP contribution in [0.3, 0.4) is 0 Å². The van der Waals surface area contributed by atoms with Gasteiger partial charge in [0.1, 0.15) is 0 Å². The normalized spacial score (nSPS) is 13.6. The number of carbonyl (C=O) groups is 1. The first-order chi connectivity index (χ1) is 15.4. The number of nitrogens with zero attached hydrogens (tertiary/aromatic N) is 1. The molecule has 0 spiro atoms. The smallest absolute Gasteiger partial charge is 0.234 e. The first-order valence-electron chi connectivity index (χ1n) is 10.7. The van der Waals surface area contributed by atoms with Gasteiger partial charge < -0.3 is 19.8 Å². The molecule has 0 atom stereocenters. The van der Waals surface area contributed by atoms with Crippen LogP contribution in [0.1, 0.15) is 27.9 Å². The summed E-state index contributed by atoms with van der Waals surface area (Å²) in [5.74, 6) is 1.20. The Morgan fingerprint density at radius 2 is 1.91 bits per heavy atom. The second-order valence-corrected chi connectivity index (χ2v) is 8.34. The summed E-state index contributed by atoms with van der Waals surface area (Å²) < 4.78 is 10.6. The van der Waals surface area contributed by atoms with Gasteiger partial charge in [0.05, 0.1) is 26.3 Å². The summed E-state index contributed by atoms with van der Waals surface area (Å²) in [5.41, 5.74) is 5.81. The average Bonchev–Trinajstić information content (AvgIpc) is 2.78. The number of ether oxygens (including phenoxy) is 2. The molecule has 4 rings (SSSR count). The van der Waals surface area contributed by atoms with E-state index in [1.807, 2.05) is 43.0 Å². The minimum absolute atomic E-state index is 0.0657. The third kappa shape index (κ3) is 4.34. The van der Waals surface area contributed by atoms with E-state index in [1.165, 1.54) is 0 Å². The van der Waals surface area contributed by atoms with Crippen LogP contribution < -0.4 is 20.2 Å². The van der Waals surface area contributed by atoms with Crippen LogP contribution in [0, 0.1) is 13.8 Å². The third-order valence-electron chi connectivity index (χ3n) is 6.00. The van der Waals surface area contributed by atoms with E-state index < -0.39 is 0 Å². The summed E-state index contributed by atoms with van der Waals surface area (Å²) in [6, 6.07) is 9.60. The zero-order chi connectivity index (χ0) is 22.8. The molecule has 1 aromatic heterocycles. The van der Waals surface area contributed by atoms with Gasteiger partial charge in [-0.3, -0.25) is 14.5 Å². The number of pyridine rings is 1. The Labute approximate surface area is 187 Å². The zero-order valence-electron chi connectivity index (χ0n) is 19.0. The maximum absolute atomic E-state index is 13.2. The van der Waals surface area contributed by atoms with E-state index in [-0.39, 0.29) is 17.9 Å². The second-order valence-electron chi connectivity index (χ2n) is 8.34. The molecule has 2 heterocycles. The van der Waals surface area contributed by atoms with Gasteiger partial charge in [0.2, 0.25) is 5.91 Å². The first-order valence-corrected chi connectivity index (χ1v) is 10.7. The fraction of sp³-hybridized carbons (Fsp3) is 0.360. The topological polar surface area (TPSA) is 83.7 Å². The molecule has 7 nitrogen and oxygen atoms in total. The highest BCUT2D eigenvalue weighted by atomic mass is 16.5. The number of aromatic nitrogens is 1. The number of methoxy groups -OCH3 is 2. The number of amides is 1. The second kappa shape index (κ2) is 9.04. The standard InChI is InChI=1S/C25H29N3O4/c1-15-9-16(2)24-18(10-15)25(30)19-13-28(8-7-20(19)27-24)14-23(29)26-12-17-5-6-21(31-3)22(11-17)32-4/h5-6,9-11H,7-8,12-14H2,1-4H3,(H,26,29)(H,27,30). The summed E-state index contributed by atoms with van der Waals surface area (Å²) >= 11 is 0. The van der Waals surface area contributed by atoms with Crippen molar-refractivity contribution < 1.29 is 14.3 Å². The molecule has 0 saturated heterocycles. The predicted octanol–water partition coefficient (Wildman–Crippen LogP) is 2.84. The van der Waals surface area contributed by atoms with Crippen molar-refractivity contribution in [3.05, 3.63) is 68.5 Å². The minimum atomic E-state index is -0.0767. The monoisotopic (exact) mass is 435 g/mol. The van der Waals surface area contributed by atoms with E-state index in [1.54, 1.807) is 14.2 Å². The predicted molar refractivity (Wildman–Crippen MR) is 124 cm³/mol. The number of hydrogen-bond acceptors (Lipinski definition) is 5. The summed E-state index contributed by atoms with van der Waals surface area (Å²) in [6.07, 6.45) is 0.719. The fourth-order valence-electron chi connectivity index (χ4n) is 4.38. The van der Waals surface area contributed by atoms with Gasteiger partial charge in [-0.05, 0) is 48.7 Å². The Morgan fingerprint density at radius 1 is 1.12 bits per heavy atom. The highest BCUT2D eigenvalue weighted by molar-refractivity contribution is 5.83. The van der Waals surface area contributed by atoms with Crippen LogP contribution >= 0.6 is 0 Å². The average molecular weight is 436 g/mol. The van der Waals surface area contributed by atoms with Gasteiger partial charge in [0.15, 0.2) is 16.9 Å². The van der Waals surface area contributed by atoms with Gasteiger partial charge in [0.25, 0.3) is 0 Å². The summed E-state index contributed by atoms with van der Waals surface area (Å²) in [4.78, 5) is 31.2. The molecular weight excluding hydrogens is 406 g/mol.